The minimum Gasteiger partial charge on any atom is -0.497 e. The molecule has 0 radical (unpaired) electrons. The molecule has 3 rings (SSSR count). The maximum Gasteiger partial charge on any atom is 0.124 e. The quantitative estimate of drug-likeness (QED) is 0.899. The van der Waals surface area contributed by atoms with Crippen LogP contribution >= 0.6 is 11.8 Å². The Morgan fingerprint density at radius 3 is 3.05 bits per heavy atom. The Morgan fingerprint density at radius 1 is 1.43 bits per heavy atom. The van der Waals surface area contributed by atoms with Crippen molar-refractivity contribution in [3.8, 4) is 11.5 Å². The SMILES string of the molecule is CCCNC1CC(C2CCSC2)Oc2ccc(OC)cc21. The zero-order valence-electron chi connectivity index (χ0n) is 12.9. The van der Waals surface area contributed by atoms with Crippen LogP contribution in [-0.2, 0) is 0 Å². The van der Waals surface area contributed by atoms with Crippen LogP contribution in [-0.4, -0.2) is 31.3 Å². The van der Waals surface area contributed by atoms with Gasteiger partial charge in [0.1, 0.15) is 17.6 Å². The summed E-state index contributed by atoms with van der Waals surface area (Å²) in [5.74, 6) is 5.19. The van der Waals surface area contributed by atoms with Crippen LogP contribution in [0.15, 0.2) is 18.2 Å². The highest BCUT2D eigenvalue weighted by atomic mass is 32.2. The average molecular weight is 307 g/mol. The van der Waals surface area contributed by atoms with Crippen LogP contribution in [0.1, 0.15) is 37.8 Å². The smallest absolute Gasteiger partial charge is 0.124 e. The van der Waals surface area contributed by atoms with Gasteiger partial charge in [-0.1, -0.05) is 6.92 Å². The van der Waals surface area contributed by atoms with E-state index < -0.39 is 0 Å². The molecule has 1 N–H and O–H groups in total. The Balaban J connectivity index is 1.83. The average Bonchev–Trinajstić information content (AvgIpc) is 3.06. The summed E-state index contributed by atoms with van der Waals surface area (Å²) in [6.07, 6.45) is 3.88. The second kappa shape index (κ2) is 6.93. The molecule has 0 amide bonds. The van der Waals surface area contributed by atoms with Crippen molar-refractivity contribution in [2.75, 3.05) is 25.2 Å². The van der Waals surface area contributed by atoms with Gasteiger partial charge in [0.25, 0.3) is 0 Å². The lowest BCUT2D eigenvalue weighted by atomic mass is 9.89. The van der Waals surface area contributed by atoms with Gasteiger partial charge in [-0.3, -0.25) is 0 Å². The molecule has 0 aromatic heterocycles. The van der Waals surface area contributed by atoms with Gasteiger partial charge < -0.3 is 14.8 Å². The minimum atomic E-state index is 0.357. The van der Waals surface area contributed by atoms with Crippen LogP contribution in [0.2, 0.25) is 0 Å². The first-order valence-electron chi connectivity index (χ1n) is 7.97. The van der Waals surface area contributed by atoms with Crippen LogP contribution < -0.4 is 14.8 Å². The van der Waals surface area contributed by atoms with Crippen molar-refractivity contribution in [2.24, 2.45) is 5.92 Å². The summed E-state index contributed by atoms with van der Waals surface area (Å²) in [6.45, 7) is 3.26. The van der Waals surface area contributed by atoms with Crippen molar-refractivity contribution in [1.29, 1.82) is 0 Å². The van der Waals surface area contributed by atoms with Gasteiger partial charge in [-0.2, -0.15) is 11.8 Å². The van der Waals surface area contributed by atoms with Crippen LogP contribution in [0.25, 0.3) is 0 Å². The summed E-state index contributed by atoms with van der Waals surface area (Å²) in [7, 11) is 1.72. The van der Waals surface area contributed by atoms with E-state index in [1.807, 2.05) is 6.07 Å². The van der Waals surface area contributed by atoms with E-state index in [1.54, 1.807) is 7.11 Å². The molecule has 116 valence electrons. The third-order valence-corrected chi connectivity index (χ3v) is 5.66. The van der Waals surface area contributed by atoms with Crippen LogP contribution in [0, 0.1) is 5.92 Å². The number of hydrogen-bond donors (Lipinski definition) is 1. The number of nitrogens with one attached hydrogen (secondary N) is 1. The summed E-state index contributed by atoms with van der Waals surface area (Å²) < 4.78 is 11.7. The van der Waals surface area contributed by atoms with Gasteiger partial charge in [-0.25, -0.2) is 0 Å². The van der Waals surface area contributed by atoms with Crippen molar-refractivity contribution in [1.82, 2.24) is 5.32 Å². The molecule has 2 aliphatic heterocycles. The highest BCUT2D eigenvalue weighted by Crippen LogP contribution is 2.41. The molecular weight excluding hydrogens is 282 g/mol. The van der Waals surface area contributed by atoms with E-state index in [-0.39, 0.29) is 0 Å². The predicted octanol–water partition coefficient (Wildman–Crippen LogP) is 3.64. The van der Waals surface area contributed by atoms with E-state index in [1.165, 1.54) is 23.5 Å². The zero-order valence-corrected chi connectivity index (χ0v) is 13.7. The molecule has 0 saturated carbocycles. The molecule has 2 aliphatic rings. The molecule has 3 unspecified atom stereocenters. The third kappa shape index (κ3) is 3.32. The maximum atomic E-state index is 6.32. The number of thioether (sulfide) groups is 1. The van der Waals surface area contributed by atoms with Crippen molar-refractivity contribution in [2.45, 2.75) is 38.3 Å². The van der Waals surface area contributed by atoms with Gasteiger partial charge in [-0.05, 0) is 49.1 Å². The van der Waals surface area contributed by atoms with Crippen molar-refractivity contribution in [3.05, 3.63) is 23.8 Å². The molecule has 1 fully saturated rings. The lowest BCUT2D eigenvalue weighted by molar-refractivity contribution is 0.103. The fraction of sp³-hybridized carbons (Fsp3) is 0.647. The Bertz CT molecular complexity index is 474. The summed E-state index contributed by atoms with van der Waals surface area (Å²) in [6, 6.07) is 6.59. The Kier molecular flexibility index (Phi) is 4.96. The van der Waals surface area contributed by atoms with Gasteiger partial charge >= 0.3 is 0 Å². The van der Waals surface area contributed by atoms with Crippen LogP contribution in [0.5, 0.6) is 11.5 Å². The first kappa shape index (κ1) is 15.0. The molecule has 0 aliphatic carbocycles. The summed E-state index contributed by atoms with van der Waals surface area (Å²) in [5.41, 5.74) is 1.25. The van der Waals surface area contributed by atoms with E-state index in [9.17, 15) is 0 Å². The van der Waals surface area contributed by atoms with E-state index in [4.69, 9.17) is 9.47 Å². The Hall–Kier alpha value is -0.870. The Labute approximate surface area is 131 Å². The third-order valence-electron chi connectivity index (χ3n) is 4.47. The van der Waals surface area contributed by atoms with E-state index in [0.29, 0.717) is 18.1 Å². The van der Waals surface area contributed by atoms with Crippen LogP contribution in [0.3, 0.4) is 0 Å². The van der Waals surface area contributed by atoms with Crippen molar-refractivity contribution < 1.29 is 9.47 Å². The van der Waals surface area contributed by atoms with Gasteiger partial charge in [0.2, 0.25) is 0 Å². The van der Waals surface area contributed by atoms with Crippen LogP contribution in [0.4, 0.5) is 0 Å². The molecule has 4 heteroatoms. The molecule has 1 aromatic carbocycles. The summed E-state index contributed by atoms with van der Waals surface area (Å²) in [5, 5.41) is 3.69. The number of fused-ring (bicyclic) bond motifs is 1. The number of hydrogen-bond acceptors (Lipinski definition) is 4. The predicted molar refractivity (Wildman–Crippen MR) is 88.5 cm³/mol. The second-order valence-corrected chi connectivity index (χ2v) is 7.08. The summed E-state index contributed by atoms with van der Waals surface area (Å²) in [4.78, 5) is 0. The van der Waals surface area contributed by atoms with E-state index >= 15 is 0 Å². The van der Waals surface area contributed by atoms with Crippen molar-refractivity contribution >= 4 is 11.8 Å². The molecule has 1 aromatic rings. The fourth-order valence-electron chi connectivity index (χ4n) is 3.25. The second-order valence-electron chi connectivity index (χ2n) is 5.93. The highest BCUT2D eigenvalue weighted by Gasteiger charge is 2.34. The minimum absolute atomic E-state index is 0.357. The molecule has 0 spiro atoms. The molecule has 2 heterocycles. The Morgan fingerprint density at radius 2 is 2.33 bits per heavy atom. The maximum absolute atomic E-state index is 6.32. The number of ether oxygens (including phenoxy) is 2. The molecule has 3 nitrogen and oxygen atoms in total. The molecule has 3 atom stereocenters. The lowest BCUT2D eigenvalue weighted by Gasteiger charge is -2.35. The monoisotopic (exact) mass is 307 g/mol. The lowest BCUT2D eigenvalue weighted by Crippen LogP contribution is -2.37. The zero-order chi connectivity index (χ0) is 14.7. The number of methoxy groups -OCH3 is 1. The standard InChI is InChI=1S/C17H25NO2S/c1-3-7-18-15-10-17(12-6-8-21-11-12)20-16-5-4-13(19-2)9-14(15)16/h4-5,9,12,15,17-18H,3,6-8,10-11H2,1-2H3. The van der Waals surface area contributed by atoms with Gasteiger partial charge in [0, 0.05) is 23.9 Å². The fourth-order valence-corrected chi connectivity index (χ4v) is 4.57. The first-order chi connectivity index (χ1) is 10.3. The van der Waals surface area contributed by atoms with Gasteiger partial charge in [-0.15, -0.1) is 0 Å². The number of rotatable bonds is 5. The number of benzene rings is 1. The summed E-state index contributed by atoms with van der Waals surface area (Å²) >= 11 is 2.06. The molecule has 21 heavy (non-hydrogen) atoms. The van der Waals surface area contributed by atoms with Gasteiger partial charge in [0.15, 0.2) is 0 Å². The van der Waals surface area contributed by atoms with E-state index in [2.05, 4.69) is 36.1 Å². The molecule has 0 bridgehead atoms. The first-order valence-corrected chi connectivity index (χ1v) is 9.13. The molecule has 1 saturated heterocycles. The topological polar surface area (TPSA) is 30.5 Å². The normalized spacial score (nSPS) is 28.0. The molecular formula is C17H25NO2S. The largest absolute Gasteiger partial charge is 0.497 e. The van der Waals surface area contributed by atoms with E-state index in [0.717, 1.165) is 30.9 Å². The van der Waals surface area contributed by atoms with Crippen molar-refractivity contribution in [3.63, 3.8) is 0 Å². The van der Waals surface area contributed by atoms with Gasteiger partial charge in [0.05, 0.1) is 7.11 Å². The highest BCUT2D eigenvalue weighted by molar-refractivity contribution is 7.99.